The number of rotatable bonds is 8. The fourth-order valence-corrected chi connectivity index (χ4v) is 3.14. The van der Waals surface area contributed by atoms with Crippen LogP contribution in [0.25, 0.3) is 0 Å². The summed E-state index contributed by atoms with van der Waals surface area (Å²) < 4.78 is 5.33. The molecule has 0 aliphatic heterocycles. The van der Waals surface area contributed by atoms with E-state index in [0.717, 1.165) is 16.9 Å². The van der Waals surface area contributed by atoms with Crippen molar-refractivity contribution < 1.29 is 14.3 Å². The van der Waals surface area contributed by atoms with Gasteiger partial charge < -0.3 is 15.0 Å². The molecule has 0 aliphatic carbocycles. The lowest BCUT2D eigenvalue weighted by Gasteiger charge is -2.31. The SMILES string of the molecule is C[C@H](NC(=O)[C@@H](C)N(c1ccccc1)c1ccccc1)C(=O)OCc1ccccc1.Cl. The molecule has 0 heterocycles. The molecule has 3 aromatic carbocycles. The van der Waals surface area contributed by atoms with Gasteiger partial charge in [0, 0.05) is 11.4 Å². The smallest absolute Gasteiger partial charge is 0.328 e. The van der Waals surface area contributed by atoms with Crippen molar-refractivity contribution in [3.05, 3.63) is 96.6 Å². The zero-order chi connectivity index (χ0) is 21.3. The van der Waals surface area contributed by atoms with Crippen LogP contribution in [-0.4, -0.2) is 24.0 Å². The average Bonchev–Trinajstić information content (AvgIpc) is 2.79. The number of carbonyl (C=O) groups is 2. The van der Waals surface area contributed by atoms with Gasteiger partial charge in [0.15, 0.2) is 0 Å². The molecule has 2 atom stereocenters. The summed E-state index contributed by atoms with van der Waals surface area (Å²) in [5.41, 5.74) is 2.69. The quantitative estimate of drug-likeness (QED) is 0.509. The number of nitrogens with zero attached hydrogens (tertiary/aromatic N) is 1. The molecular formula is C25H27ClN2O3. The Balaban J connectivity index is 0.00000341. The van der Waals surface area contributed by atoms with Crippen molar-refractivity contribution >= 4 is 35.7 Å². The molecule has 0 fully saturated rings. The summed E-state index contributed by atoms with van der Waals surface area (Å²) >= 11 is 0. The van der Waals surface area contributed by atoms with E-state index in [9.17, 15) is 9.59 Å². The molecule has 31 heavy (non-hydrogen) atoms. The fourth-order valence-electron chi connectivity index (χ4n) is 3.14. The second kappa shape index (κ2) is 11.8. The highest BCUT2D eigenvalue weighted by atomic mass is 35.5. The molecule has 0 spiro atoms. The highest BCUT2D eigenvalue weighted by Crippen LogP contribution is 2.27. The third-order valence-electron chi connectivity index (χ3n) is 4.77. The van der Waals surface area contributed by atoms with Gasteiger partial charge in [-0.1, -0.05) is 66.7 Å². The Labute approximate surface area is 189 Å². The molecule has 3 aromatic rings. The largest absolute Gasteiger partial charge is 0.459 e. The molecule has 1 amide bonds. The number of para-hydroxylation sites is 2. The van der Waals surface area contributed by atoms with Crippen LogP contribution >= 0.6 is 12.4 Å². The van der Waals surface area contributed by atoms with E-state index in [-0.39, 0.29) is 24.9 Å². The maximum atomic E-state index is 13.0. The summed E-state index contributed by atoms with van der Waals surface area (Å²) in [4.78, 5) is 27.2. The van der Waals surface area contributed by atoms with Gasteiger partial charge in [0.1, 0.15) is 18.7 Å². The van der Waals surface area contributed by atoms with Crippen LogP contribution in [0.3, 0.4) is 0 Å². The third kappa shape index (κ3) is 6.59. The van der Waals surface area contributed by atoms with E-state index in [0.29, 0.717) is 0 Å². The monoisotopic (exact) mass is 438 g/mol. The molecule has 0 aliphatic rings. The Morgan fingerprint density at radius 2 is 1.26 bits per heavy atom. The first-order valence-electron chi connectivity index (χ1n) is 9.96. The zero-order valence-electron chi connectivity index (χ0n) is 17.6. The van der Waals surface area contributed by atoms with Gasteiger partial charge in [-0.25, -0.2) is 4.79 Å². The van der Waals surface area contributed by atoms with Crippen molar-refractivity contribution in [3.63, 3.8) is 0 Å². The van der Waals surface area contributed by atoms with Crippen LogP contribution in [0.5, 0.6) is 0 Å². The molecule has 162 valence electrons. The molecule has 5 nitrogen and oxygen atoms in total. The molecular weight excluding hydrogens is 412 g/mol. The molecule has 3 rings (SSSR count). The number of halogens is 1. The lowest BCUT2D eigenvalue weighted by atomic mass is 10.1. The predicted octanol–water partition coefficient (Wildman–Crippen LogP) is 4.88. The number of carbonyl (C=O) groups excluding carboxylic acids is 2. The van der Waals surface area contributed by atoms with E-state index in [1.54, 1.807) is 6.92 Å². The number of nitrogens with one attached hydrogen (secondary N) is 1. The first-order chi connectivity index (χ1) is 14.6. The molecule has 6 heteroatoms. The summed E-state index contributed by atoms with van der Waals surface area (Å²) in [6.07, 6.45) is 0. The van der Waals surface area contributed by atoms with Crippen molar-refractivity contribution in [2.45, 2.75) is 32.5 Å². The van der Waals surface area contributed by atoms with Crippen molar-refractivity contribution in [1.29, 1.82) is 0 Å². The first-order valence-corrected chi connectivity index (χ1v) is 9.96. The van der Waals surface area contributed by atoms with Crippen molar-refractivity contribution in [2.75, 3.05) is 4.90 Å². The first kappa shape index (κ1) is 24.0. The van der Waals surface area contributed by atoms with E-state index < -0.39 is 18.1 Å². The van der Waals surface area contributed by atoms with Crippen molar-refractivity contribution in [3.8, 4) is 0 Å². The van der Waals surface area contributed by atoms with Gasteiger partial charge in [-0.2, -0.15) is 0 Å². The number of amides is 1. The topological polar surface area (TPSA) is 58.6 Å². The molecule has 0 radical (unpaired) electrons. The average molecular weight is 439 g/mol. The van der Waals surface area contributed by atoms with Gasteiger partial charge in [0.2, 0.25) is 5.91 Å². The van der Waals surface area contributed by atoms with E-state index in [1.807, 2.05) is 103 Å². The third-order valence-corrected chi connectivity index (χ3v) is 4.77. The Morgan fingerprint density at radius 3 is 1.74 bits per heavy atom. The van der Waals surface area contributed by atoms with Gasteiger partial charge in [-0.15, -0.1) is 12.4 Å². The van der Waals surface area contributed by atoms with Crippen molar-refractivity contribution in [1.82, 2.24) is 5.32 Å². The van der Waals surface area contributed by atoms with E-state index in [1.165, 1.54) is 0 Å². The van der Waals surface area contributed by atoms with Crippen LogP contribution in [-0.2, 0) is 20.9 Å². The van der Waals surface area contributed by atoms with Gasteiger partial charge in [-0.3, -0.25) is 4.79 Å². The molecule has 0 saturated carbocycles. The van der Waals surface area contributed by atoms with Gasteiger partial charge in [-0.05, 0) is 43.7 Å². The Morgan fingerprint density at radius 1 is 0.806 bits per heavy atom. The second-order valence-electron chi connectivity index (χ2n) is 7.04. The maximum Gasteiger partial charge on any atom is 0.328 e. The Hall–Kier alpha value is -3.31. The summed E-state index contributed by atoms with van der Waals surface area (Å²) in [6, 6.07) is 27.6. The standard InChI is InChI=1S/C25H26N2O3.ClH/c1-19(25(29)30-18-21-12-6-3-7-13-21)26-24(28)20(2)27(22-14-8-4-9-15-22)23-16-10-5-11-17-23;/h3-17,19-20H,18H2,1-2H3,(H,26,28);1H/t19-,20+;/m0./s1. The van der Waals surface area contributed by atoms with Crippen molar-refractivity contribution in [2.24, 2.45) is 0 Å². The lowest BCUT2D eigenvalue weighted by Crippen LogP contribution is -2.48. The Bertz CT molecular complexity index is 913. The minimum Gasteiger partial charge on any atom is -0.459 e. The van der Waals surface area contributed by atoms with E-state index in [4.69, 9.17) is 4.74 Å². The maximum absolute atomic E-state index is 13.0. The van der Waals surface area contributed by atoms with Crippen LogP contribution in [0, 0.1) is 0 Å². The zero-order valence-corrected chi connectivity index (χ0v) is 18.4. The summed E-state index contributed by atoms with van der Waals surface area (Å²) in [5.74, 6) is -0.725. The van der Waals surface area contributed by atoms with Crippen LogP contribution in [0.4, 0.5) is 11.4 Å². The fraction of sp³-hybridized carbons (Fsp3) is 0.200. The van der Waals surface area contributed by atoms with E-state index in [2.05, 4.69) is 5.32 Å². The van der Waals surface area contributed by atoms with Crippen LogP contribution in [0.15, 0.2) is 91.0 Å². The molecule has 0 bridgehead atoms. The molecule has 0 unspecified atom stereocenters. The van der Waals surface area contributed by atoms with E-state index >= 15 is 0 Å². The number of hydrogen-bond acceptors (Lipinski definition) is 4. The van der Waals surface area contributed by atoms with Gasteiger partial charge in [0.05, 0.1) is 0 Å². The predicted molar refractivity (Wildman–Crippen MR) is 126 cm³/mol. The minimum atomic E-state index is -0.753. The van der Waals surface area contributed by atoms with Crippen LogP contribution in [0.2, 0.25) is 0 Å². The van der Waals surface area contributed by atoms with Gasteiger partial charge in [0.25, 0.3) is 0 Å². The van der Waals surface area contributed by atoms with Crippen LogP contribution in [0.1, 0.15) is 19.4 Å². The highest BCUT2D eigenvalue weighted by molar-refractivity contribution is 5.91. The number of ether oxygens (including phenoxy) is 1. The second-order valence-corrected chi connectivity index (χ2v) is 7.04. The number of anilines is 2. The summed E-state index contributed by atoms with van der Waals surface area (Å²) in [6.45, 7) is 3.63. The minimum absolute atomic E-state index is 0. The Kier molecular flexibility index (Phi) is 9.10. The molecule has 1 N–H and O–H groups in total. The summed E-state index contributed by atoms with van der Waals surface area (Å²) in [7, 11) is 0. The molecule has 0 aromatic heterocycles. The number of benzene rings is 3. The van der Waals surface area contributed by atoms with Crippen LogP contribution < -0.4 is 10.2 Å². The normalized spacial score (nSPS) is 12.1. The summed E-state index contributed by atoms with van der Waals surface area (Å²) in [5, 5.41) is 2.78. The molecule has 0 saturated heterocycles. The lowest BCUT2D eigenvalue weighted by molar-refractivity contribution is -0.148. The highest BCUT2D eigenvalue weighted by Gasteiger charge is 2.26. The number of esters is 1. The number of hydrogen-bond donors (Lipinski definition) is 1. The van der Waals surface area contributed by atoms with Gasteiger partial charge >= 0.3 is 5.97 Å².